The SMILES string of the molecule is CC1(C)[C@H](C(=O)O)[C@@H]1C(=O)N1CCC1. The van der Waals surface area contributed by atoms with E-state index in [-0.39, 0.29) is 17.2 Å². The Morgan fingerprint density at radius 3 is 2.14 bits per heavy atom. The van der Waals surface area contributed by atoms with Gasteiger partial charge in [0, 0.05) is 13.1 Å². The highest BCUT2D eigenvalue weighted by Gasteiger charge is 2.66. The molecule has 14 heavy (non-hydrogen) atoms. The minimum absolute atomic E-state index is 0.0358. The van der Waals surface area contributed by atoms with Crippen molar-refractivity contribution in [3.8, 4) is 0 Å². The zero-order valence-corrected chi connectivity index (χ0v) is 8.49. The molecular weight excluding hydrogens is 182 g/mol. The molecule has 1 amide bonds. The van der Waals surface area contributed by atoms with E-state index in [0.29, 0.717) is 0 Å². The lowest BCUT2D eigenvalue weighted by Crippen LogP contribution is -2.43. The number of aliphatic carboxylic acids is 1. The van der Waals surface area contributed by atoms with E-state index in [1.807, 2.05) is 13.8 Å². The van der Waals surface area contributed by atoms with Crippen molar-refractivity contribution in [2.75, 3.05) is 13.1 Å². The lowest BCUT2D eigenvalue weighted by Gasteiger charge is -2.31. The lowest BCUT2D eigenvalue weighted by molar-refractivity contribution is -0.143. The van der Waals surface area contributed by atoms with Crippen molar-refractivity contribution in [2.24, 2.45) is 17.3 Å². The van der Waals surface area contributed by atoms with E-state index < -0.39 is 11.9 Å². The van der Waals surface area contributed by atoms with Gasteiger partial charge in [-0.15, -0.1) is 0 Å². The Hall–Kier alpha value is -1.06. The van der Waals surface area contributed by atoms with Crippen LogP contribution in [0.15, 0.2) is 0 Å². The third-order valence-corrected chi connectivity index (χ3v) is 3.53. The molecule has 4 heteroatoms. The Labute approximate surface area is 82.9 Å². The van der Waals surface area contributed by atoms with Gasteiger partial charge in [-0.25, -0.2) is 0 Å². The molecule has 0 aromatic carbocycles. The monoisotopic (exact) mass is 197 g/mol. The first-order chi connectivity index (χ1) is 6.46. The van der Waals surface area contributed by atoms with E-state index in [1.54, 1.807) is 4.90 Å². The molecular formula is C10H15NO3. The summed E-state index contributed by atoms with van der Waals surface area (Å²) in [4.78, 5) is 24.4. The Bertz CT molecular complexity index is 294. The summed E-state index contributed by atoms with van der Waals surface area (Å²) in [5.41, 5.74) is -0.349. The van der Waals surface area contributed by atoms with Crippen LogP contribution in [-0.4, -0.2) is 35.0 Å². The van der Waals surface area contributed by atoms with Gasteiger partial charge in [-0.2, -0.15) is 0 Å². The van der Waals surface area contributed by atoms with Gasteiger partial charge in [0.2, 0.25) is 5.91 Å². The second-order valence-electron chi connectivity index (χ2n) is 4.79. The minimum Gasteiger partial charge on any atom is -0.481 e. The fourth-order valence-corrected chi connectivity index (χ4v) is 2.29. The number of carbonyl (C=O) groups is 2. The van der Waals surface area contributed by atoms with Crippen molar-refractivity contribution >= 4 is 11.9 Å². The molecule has 1 heterocycles. The van der Waals surface area contributed by atoms with Crippen LogP contribution in [0.1, 0.15) is 20.3 Å². The molecule has 0 bridgehead atoms. The first-order valence-corrected chi connectivity index (χ1v) is 4.98. The van der Waals surface area contributed by atoms with Gasteiger partial charge in [-0.05, 0) is 11.8 Å². The average Bonchev–Trinajstić information content (AvgIpc) is 2.49. The summed E-state index contributed by atoms with van der Waals surface area (Å²) >= 11 is 0. The molecule has 2 atom stereocenters. The first-order valence-electron chi connectivity index (χ1n) is 4.98. The first kappa shape index (κ1) is 9.49. The molecule has 0 spiro atoms. The van der Waals surface area contributed by atoms with Crippen LogP contribution >= 0.6 is 0 Å². The highest BCUT2D eigenvalue weighted by atomic mass is 16.4. The molecule has 2 rings (SSSR count). The molecule has 1 aliphatic carbocycles. The average molecular weight is 197 g/mol. The van der Waals surface area contributed by atoms with Crippen LogP contribution < -0.4 is 0 Å². The molecule has 2 aliphatic rings. The van der Waals surface area contributed by atoms with Gasteiger partial charge in [-0.1, -0.05) is 13.8 Å². The van der Waals surface area contributed by atoms with Gasteiger partial charge in [0.05, 0.1) is 11.8 Å². The summed E-state index contributed by atoms with van der Waals surface area (Å²) in [5, 5.41) is 8.91. The van der Waals surface area contributed by atoms with Gasteiger partial charge in [0.15, 0.2) is 0 Å². The fourth-order valence-electron chi connectivity index (χ4n) is 2.29. The maximum absolute atomic E-state index is 11.8. The number of amides is 1. The second kappa shape index (κ2) is 2.72. The van der Waals surface area contributed by atoms with Crippen molar-refractivity contribution in [2.45, 2.75) is 20.3 Å². The molecule has 1 aliphatic heterocycles. The van der Waals surface area contributed by atoms with Crippen molar-refractivity contribution in [3.05, 3.63) is 0 Å². The second-order valence-corrected chi connectivity index (χ2v) is 4.79. The van der Waals surface area contributed by atoms with E-state index in [2.05, 4.69) is 0 Å². The molecule has 2 fully saturated rings. The normalized spacial score (nSPS) is 33.4. The molecule has 0 unspecified atom stereocenters. The highest BCUT2D eigenvalue weighted by molar-refractivity contribution is 5.91. The van der Waals surface area contributed by atoms with Crippen molar-refractivity contribution < 1.29 is 14.7 Å². The number of carbonyl (C=O) groups excluding carboxylic acids is 1. The Morgan fingerprint density at radius 1 is 1.29 bits per heavy atom. The van der Waals surface area contributed by atoms with Crippen LogP contribution in [0.5, 0.6) is 0 Å². The predicted molar refractivity (Wildman–Crippen MR) is 49.6 cm³/mol. The topological polar surface area (TPSA) is 57.6 Å². The van der Waals surface area contributed by atoms with Crippen molar-refractivity contribution in [3.63, 3.8) is 0 Å². The summed E-state index contributed by atoms with van der Waals surface area (Å²) in [5.74, 6) is -1.57. The summed E-state index contributed by atoms with van der Waals surface area (Å²) in [6, 6.07) is 0. The number of rotatable bonds is 2. The number of carboxylic acid groups (broad SMARTS) is 1. The molecule has 1 saturated heterocycles. The third-order valence-electron chi connectivity index (χ3n) is 3.53. The molecule has 78 valence electrons. The van der Waals surface area contributed by atoms with Crippen LogP contribution in [-0.2, 0) is 9.59 Å². The maximum Gasteiger partial charge on any atom is 0.307 e. The lowest BCUT2D eigenvalue weighted by atomic mass is 10.1. The van der Waals surface area contributed by atoms with Crippen LogP contribution in [0, 0.1) is 17.3 Å². The number of hydrogen-bond donors (Lipinski definition) is 1. The van der Waals surface area contributed by atoms with Crippen molar-refractivity contribution in [1.82, 2.24) is 4.90 Å². The number of nitrogens with zero attached hydrogens (tertiary/aromatic N) is 1. The van der Waals surface area contributed by atoms with E-state index in [9.17, 15) is 9.59 Å². The fraction of sp³-hybridized carbons (Fsp3) is 0.800. The molecule has 0 radical (unpaired) electrons. The van der Waals surface area contributed by atoms with E-state index in [0.717, 1.165) is 19.5 Å². The van der Waals surface area contributed by atoms with Gasteiger partial charge < -0.3 is 10.0 Å². The quantitative estimate of drug-likeness (QED) is 0.704. The van der Waals surface area contributed by atoms with Gasteiger partial charge in [0.25, 0.3) is 0 Å². The maximum atomic E-state index is 11.8. The molecule has 1 N–H and O–H groups in total. The Kier molecular flexibility index (Phi) is 1.84. The molecule has 4 nitrogen and oxygen atoms in total. The number of carboxylic acids is 1. The van der Waals surface area contributed by atoms with Crippen LogP contribution in [0.4, 0.5) is 0 Å². The van der Waals surface area contributed by atoms with E-state index in [4.69, 9.17) is 5.11 Å². The predicted octanol–water partition coefficient (Wildman–Crippen LogP) is 0.575. The summed E-state index contributed by atoms with van der Waals surface area (Å²) in [7, 11) is 0. The van der Waals surface area contributed by atoms with E-state index >= 15 is 0 Å². The van der Waals surface area contributed by atoms with Crippen LogP contribution in [0.25, 0.3) is 0 Å². The summed E-state index contributed by atoms with van der Waals surface area (Å²) in [6.45, 7) is 5.32. The standard InChI is InChI=1S/C10H15NO3/c1-10(2)6(7(10)9(13)14)8(12)11-4-3-5-11/h6-7H,3-5H2,1-2H3,(H,13,14)/t6-,7+/m1/s1. The zero-order chi connectivity index (χ0) is 10.5. The molecule has 0 aromatic rings. The smallest absolute Gasteiger partial charge is 0.307 e. The van der Waals surface area contributed by atoms with Gasteiger partial charge in [0.1, 0.15) is 0 Å². The Morgan fingerprint density at radius 2 is 1.86 bits per heavy atom. The molecule has 1 saturated carbocycles. The molecule has 0 aromatic heterocycles. The highest BCUT2D eigenvalue weighted by Crippen LogP contribution is 2.59. The zero-order valence-electron chi connectivity index (χ0n) is 8.49. The number of hydrogen-bond acceptors (Lipinski definition) is 2. The van der Waals surface area contributed by atoms with Gasteiger partial charge in [-0.3, -0.25) is 9.59 Å². The van der Waals surface area contributed by atoms with Gasteiger partial charge >= 0.3 is 5.97 Å². The minimum atomic E-state index is -0.839. The summed E-state index contributed by atoms with van der Waals surface area (Å²) < 4.78 is 0. The number of likely N-dealkylation sites (tertiary alicyclic amines) is 1. The summed E-state index contributed by atoms with van der Waals surface area (Å²) in [6.07, 6.45) is 1.05. The van der Waals surface area contributed by atoms with E-state index in [1.165, 1.54) is 0 Å². The van der Waals surface area contributed by atoms with Crippen LogP contribution in [0.3, 0.4) is 0 Å². The Balaban J connectivity index is 2.06. The third kappa shape index (κ3) is 1.13. The van der Waals surface area contributed by atoms with Crippen LogP contribution in [0.2, 0.25) is 0 Å². The van der Waals surface area contributed by atoms with Crippen molar-refractivity contribution in [1.29, 1.82) is 0 Å². The largest absolute Gasteiger partial charge is 0.481 e.